The Kier molecular flexibility index (Phi) is 4.42. The summed E-state index contributed by atoms with van der Waals surface area (Å²) in [5.41, 5.74) is 4.72. The van der Waals surface area contributed by atoms with Gasteiger partial charge in [0.05, 0.1) is 32.7 Å². The van der Waals surface area contributed by atoms with Crippen molar-refractivity contribution in [2.45, 2.75) is 0 Å². The summed E-state index contributed by atoms with van der Waals surface area (Å²) in [5.74, 6) is 2.28. The smallest absolute Gasteiger partial charge is 0.137 e. The van der Waals surface area contributed by atoms with E-state index in [9.17, 15) is 0 Å². The Balaban J connectivity index is 1.98. The van der Waals surface area contributed by atoms with Crippen LogP contribution in [-0.2, 0) is 0 Å². The number of hydrogen-bond acceptors (Lipinski definition) is 4. The predicted molar refractivity (Wildman–Crippen MR) is 106 cm³/mol. The zero-order valence-electron chi connectivity index (χ0n) is 15.5. The van der Waals surface area contributed by atoms with Gasteiger partial charge in [-0.15, -0.1) is 0 Å². The molecule has 0 aliphatic rings. The molecule has 0 amide bonds. The van der Waals surface area contributed by atoms with E-state index < -0.39 is 0 Å². The monoisotopic (exact) mass is 360 g/mol. The molecule has 136 valence electrons. The van der Waals surface area contributed by atoms with Gasteiger partial charge in [-0.1, -0.05) is 6.07 Å². The van der Waals surface area contributed by atoms with Gasteiger partial charge in [0.1, 0.15) is 22.9 Å². The van der Waals surface area contributed by atoms with Gasteiger partial charge in [-0.3, -0.25) is 4.40 Å². The number of nitrogens with zero attached hydrogens (tertiary/aromatic N) is 2. The zero-order valence-corrected chi connectivity index (χ0v) is 15.5. The minimum absolute atomic E-state index is 0.732. The maximum absolute atomic E-state index is 5.46. The van der Waals surface area contributed by atoms with Crippen molar-refractivity contribution >= 4 is 5.65 Å². The first-order chi connectivity index (χ1) is 13.2. The van der Waals surface area contributed by atoms with Gasteiger partial charge >= 0.3 is 0 Å². The van der Waals surface area contributed by atoms with E-state index in [-0.39, 0.29) is 0 Å². The molecule has 27 heavy (non-hydrogen) atoms. The van der Waals surface area contributed by atoms with Crippen LogP contribution in [0.4, 0.5) is 0 Å². The number of benzene rings is 2. The lowest BCUT2D eigenvalue weighted by molar-refractivity contribution is 0.394. The van der Waals surface area contributed by atoms with E-state index in [1.807, 2.05) is 66.9 Å². The molecule has 2 aromatic heterocycles. The summed E-state index contributed by atoms with van der Waals surface area (Å²) in [5, 5.41) is 0. The Labute approximate surface area is 157 Å². The number of hydrogen-bond donors (Lipinski definition) is 0. The Bertz CT molecular complexity index is 1060. The van der Waals surface area contributed by atoms with E-state index in [1.54, 1.807) is 21.3 Å². The molecule has 0 aliphatic carbocycles. The van der Waals surface area contributed by atoms with Crippen molar-refractivity contribution in [3.63, 3.8) is 0 Å². The van der Waals surface area contributed by atoms with Crippen molar-refractivity contribution in [3.05, 3.63) is 66.9 Å². The highest BCUT2D eigenvalue weighted by Gasteiger charge is 2.17. The average Bonchev–Trinajstić information content (AvgIpc) is 3.13. The van der Waals surface area contributed by atoms with Crippen LogP contribution in [0.15, 0.2) is 66.9 Å². The van der Waals surface area contributed by atoms with Gasteiger partial charge in [0.25, 0.3) is 0 Å². The zero-order chi connectivity index (χ0) is 18.8. The molecule has 0 spiro atoms. The highest BCUT2D eigenvalue weighted by atomic mass is 16.5. The van der Waals surface area contributed by atoms with Crippen molar-refractivity contribution in [2.24, 2.45) is 0 Å². The van der Waals surface area contributed by atoms with Crippen LogP contribution in [0.1, 0.15) is 0 Å². The molecule has 4 aromatic rings. The molecule has 4 rings (SSSR count). The highest BCUT2D eigenvalue weighted by Crippen LogP contribution is 2.37. The van der Waals surface area contributed by atoms with Crippen LogP contribution < -0.4 is 14.2 Å². The molecule has 0 saturated heterocycles. The number of pyridine rings is 1. The third-order valence-corrected chi connectivity index (χ3v) is 4.52. The van der Waals surface area contributed by atoms with Gasteiger partial charge in [-0.2, -0.15) is 0 Å². The molecule has 0 unspecified atom stereocenters. The summed E-state index contributed by atoms with van der Waals surface area (Å²) in [7, 11) is 4.96. The average molecular weight is 360 g/mol. The molecule has 2 heterocycles. The molecule has 2 aromatic carbocycles. The summed E-state index contributed by atoms with van der Waals surface area (Å²) in [6, 6.07) is 19.7. The van der Waals surface area contributed by atoms with Crippen molar-refractivity contribution < 1.29 is 14.2 Å². The summed E-state index contributed by atoms with van der Waals surface area (Å²) >= 11 is 0. The van der Waals surface area contributed by atoms with Crippen molar-refractivity contribution in [1.82, 2.24) is 9.38 Å². The van der Waals surface area contributed by atoms with E-state index in [2.05, 4.69) is 4.40 Å². The lowest BCUT2D eigenvalue weighted by Crippen LogP contribution is -1.93. The second-order valence-corrected chi connectivity index (χ2v) is 6.07. The van der Waals surface area contributed by atoms with Gasteiger partial charge < -0.3 is 14.2 Å². The first-order valence-corrected chi connectivity index (χ1v) is 8.58. The summed E-state index contributed by atoms with van der Waals surface area (Å²) in [6.45, 7) is 0. The van der Waals surface area contributed by atoms with Crippen LogP contribution in [0.3, 0.4) is 0 Å². The number of aromatic nitrogens is 2. The molecule has 5 nitrogen and oxygen atoms in total. The van der Waals surface area contributed by atoms with Crippen LogP contribution >= 0.6 is 0 Å². The Morgan fingerprint density at radius 2 is 1.37 bits per heavy atom. The summed E-state index contributed by atoms with van der Waals surface area (Å²) < 4.78 is 18.3. The molecule has 0 atom stereocenters. The fraction of sp³-hybridized carbons (Fsp3) is 0.136. The number of methoxy groups -OCH3 is 3. The highest BCUT2D eigenvalue weighted by molar-refractivity contribution is 5.83. The van der Waals surface area contributed by atoms with E-state index in [4.69, 9.17) is 19.2 Å². The molecule has 0 radical (unpaired) electrons. The predicted octanol–water partition coefficient (Wildman–Crippen LogP) is 4.69. The van der Waals surface area contributed by atoms with Crippen molar-refractivity contribution in [3.8, 4) is 39.8 Å². The second kappa shape index (κ2) is 7.03. The first kappa shape index (κ1) is 17.0. The number of fused-ring (bicyclic) bond motifs is 1. The largest absolute Gasteiger partial charge is 0.497 e. The number of rotatable bonds is 5. The Morgan fingerprint density at radius 3 is 2.00 bits per heavy atom. The molecule has 0 bridgehead atoms. The Morgan fingerprint density at radius 1 is 0.704 bits per heavy atom. The van der Waals surface area contributed by atoms with E-state index in [0.717, 1.165) is 45.4 Å². The van der Waals surface area contributed by atoms with Gasteiger partial charge in [0, 0.05) is 23.4 Å². The molecule has 0 saturated carbocycles. The third-order valence-electron chi connectivity index (χ3n) is 4.52. The Hall–Kier alpha value is -3.47. The molecular weight excluding hydrogens is 340 g/mol. The van der Waals surface area contributed by atoms with Crippen LogP contribution in [0.5, 0.6) is 17.2 Å². The third kappa shape index (κ3) is 3.08. The lowest BCUT2D eigenvalue weighted by Gasteiger charge is -2.10. The SMILES string of the molecule is COc1ccc(-c2nc3ccccn3c2-c2cc(OC)cc(OC)c2)cc1. The van der Waals surface area contributed by atoms with Crippen molar-refractivity contribution in [2.75, 3.05) is 21.3 Å². The van der Waals surface area contributed by atoms with Gasteiger partial charge in [-0.25, -0.2) is 4.98 Å². The minimum Gasteiger partial charge on any atom is -0.497 e. The summed E-state index contributed by atoms with van der Waals surface area (Å²) in [6.07, 6.45) is 2.01. The first-order valence-electron chi connectivity index (χ1n) is 8.58. The van der Waals surface area contributed by atoms with Crippen LogP contribution in [0.2, 0.25) is 0 Å². The van der Waals surface area contributed by atoms with E-state index >= 15 is 0 Å². The van der Waals surface area contributed by atoms with E-state index in [0.29, 0.717) is 0 Å². The number of imidazole rings is 1. The van der Waals surface area contributed by atoms with Crippen LogP contribution in [-0.4, -0.2) is 30.7 Å². The topological polar surface area (TPSA) is 45.0 Å². The fourth-order valence-corrected chi connectivity index (χ4v) is 3.17. The van der Waals surface area contributed by atoms with Crippen LogP contribution in [0, 0.1) is 0 Å². The second-order valence-electron chi connectivity index (χ2n) is 6.07. The van der Waals surface area contributed by atoms with Gasteiger partial charge in [-0.05, 0) is 48.5 Å². The maximum atomic E-state index is 5.46. The van der Waals surface area contributed by atoms with Gasteiger partial charge in [0.2, 0.25) is 0 Å². The number of ether oxygens (including phenoxy) is 3. The molecule has 0 N–H and O–H groups in total. The quantitative estimate of drug-likeness (QED) is 0.518. The molecule has 5 heteroatoms. The van der Waals surface area contributed by atoms with Crippen molar-refractivity contribution in [1.29, 1.82) is 0 Å². The minimum atomic E-state index is 0.732. The molecule has 0 aliphatic heterocycles. The normalized spacial score (nSPS) is 10.8. The summed E-state index contributed by atoms with van der Waals surface area (Å²) in [4.78, 5) is 4.87. The van der Waals surface area contributed by atoms with Crippen LogP contribution in [0.25, 0.3) is 28.2 Å². The molecule has 0 fully saturated rings. The lowest BCUT2D eigenvalue weighted by atomic mass is 10.0. The fourth-order valence-electron chi connectivity index (χ4n) is 3.17. The maximum Gasteiger partial charge on any atom is 0.137 e. The standard InChI is InChI=1S/C22H20N2O3/c1-25-17-9-7-15(8-10-17)21-22(24-11-5-4-6-20(24)23-21)16-12-18(26-2)14-19(13-16)27-3/h4-14H,1-3H3. The molecular formula is C22H20N2O3. The van der Waals surface area contributed by atoms with Gasteiger partial charge in [0.15, 0.2) is 0 Å². The van der Waals surface area contributed by atoms with E-state index in [1.165, 1.54) is 0 Å².